The molecule has 1 heterocycles. The van der Waals surface area contributed by atoms with Gasteiger partial charge in [-0.25, -0.2) is 9.97 Å². The quantitative estimate of drug-likeness (QED) is 0.719. The Hall–Kier alpha value is -2.03. The molecule has 16 heavy (non-hydrogen) atoms. The molecule has 0 bridgehead atoms. The smallest absolute Gasteiger partial charge is 0.159 e. The highest BCUT2D eigenvalue weighted by molar-refractivity contribution is 5.94. The Morgan fingerprint density at radius 1 is 1.19 bits per heavy atom. The summed E-state index contributed by atoms with van der Waals surface area (Å²) in [6, 6.07) is 7.49. The van der Waals surface area contributed by atoms with E-state index in [1.807, 2.05) is 31.2 Å². The van der Waals surface area contributed by atoms with Gasteiger partial charge in [0, 0.05) is 23.0 Å². The highest BCUT2D eigenvalue weighted by Crippen LogP contribution is 2.21. The van der Waals surface area contributed by atoms with Gasteiger partial charge < -0.3 is 0 Å². The number of carbonyl (C=O) groups excluding carboxylic acids is 1. The molecule has 0 fully saturated rings. The van der Waals surface area contributed by atoms with Crippen LogP contribution in [0.25, 0.3) is 11.1 Å². The van der Waals surface area contributed by atoms with Crippen molar-refractivity contribution >= 4 is 5.78 Å². The van der Waals surface area contributed by atoms with E-state index < -0.39 is 0 Å². The zero-order valence-electron chi connectivity index (χ0n) is 9.27. The molecule has 0 atom stereocenters. The lowest BCUT2D eigenvalue weighted by molar-refractivity contribution is 0.101. The molecule has 80 valence electrons. The zero-order chi connectivity index (χ0) is 11.5. The highest BCUT2D eigenvalue weighted by atomic mass is 16.1. The Morgan fingerprint density at radius 2 is 1.88 bits per heavy atom. The fourth-order valence-electron chi connectivity index (χ4n) is 1.56. The number of hydrogen-bond acceptors (Lipinski definition) is 3. The monoisotopic (exact) mass is 212 g/mol. The average Bonchev–Trinajstić information content (AvgIpc) is 2.30. The topological polar surface area (TPSA) is 42.9 Å². The number of aromatic nitrogens is 2. The number of nitrogens with zero attached hydrogens (tertiary/aromatic N) is 2. The van der Waals surface area contributed by atoms with E-state index in [2.05, 4.69) is 9.97 Å². The standard InChI is InChI=1S/C13H12N2O/c1-9-13(7-14-8-15-9)12-5-3-11(4-6-12)10(2)16/h3-8H,1-2H3. The van der Waals surface area contributed by atoms with Gasteiger partial charge in [0.05, 0.1) is 0 Å². The van der Waals surface area contributed by atoms with Crippen LogP contribution in [0.4, 0.5) is 0 Å². The zero-order valence-corrected chi connectivity index (χ0v) is 9.27. The summed E-state index contributed by atoms with van der Waals surface area (Å²) >= 11 is 0. The third kappa shape index (κ3) is 1.98. The van der Waals surface area contributed by atoms with Crippen molar-refractivity contribution in [1.29, 1.82) is 0 Å². The molecule has 2 rings (SSSR count). The first-order valence-corrected chi connectivity index (χ1v) is 5.06. The molecule has 0 saturated heterocycles. The minimum Gasteiger partial charge on any atom is -0.295 e. The Bertz CT molecular complexity index is 518. The van der Waals surface area contributed by atoms with E-state index in [4.69, 9.17) is 0 Å². The van der Waals surface area contributed by atoms with Crippen LogP contribution in [0.5, 0.6) is 0 Å². The lowest BCUT2D eigenvalue weighted by Gasteiger charge is -2.04. The average molecular weight is 212 g/mol. The maximum Gasteiger partial charge on any atom is 0.159 e. The van der Waals surface area contributed by atoms with Crippen LogP contribution in [0.2, 0.25) is 0 Å². The number of benzene rings is 1. The van der Waals surface area contributed by atoms with E-state index >= 15 is 0 Å². The van der Waals surface area contributed by atoms with Crippen LogP contribution in [-0.2, 0) is 0 Å². The molecule has 3 heteroatoms. The summed E-state index contributed by atoms with van der Waals surface area (Å²) in [5.41, 5.74) is 3.68. The lowest BCUT2D eigenvalue weighted by atomic mass is 10.0. The van der Waals surface area contributed by atoms with E-state index in [-0.39, 0.29) is 5.78 Å². The second-order valence-electron chi connectivity index (χ2n) is 3.66. The molecule has 0 aliphatic rings. The summed E-state index contributed by atoms with van der Waals surface area (Å²) < 4.78 is 0. The van der Waals surface area contributed by atoms with Gasteiger partial charge in [-0.3, -0.25) is 4.79 Å². The lowest BCUT2D eigenvalue weighted by Crippen LogP contribution is -1.92. The van der Waals surface area contributed by atoms with Gasteiger partial charge in [-0.2, -0.15) is 0 Å². The van der Waals surface area contributed by atoms with E-state index in [0.29, 0.717) is 0 Å². The van der Waals surface area contributed by atoms with Gasteiger partial charge in [0.2, 0.25) is 0 Å². The maximum absolute atomic E-state index is 11.1. The fraction of sp³-hybridized carbons (Fsp3) is 0.154. The second kappa shape index (κ2) is 4.23. The number of carbonyl (C=O) groups is 1. The minimum absolute atomic E-state index is 0.0765. The van der Waals surface area contributed by atoms with Gasteiger partial charge in [0.25, 0.3) is 0 Å². The van der Waals surface area contributed by atoms with Crippen LogP contribution in [-0.4, -0.2) is 15.8 Å². The van der Waals surface area contributed by atoms with Crippen LogP contribution in [0.3, 0.4) is 0 Å². The molecular formula is C13H12N2O. The summed E-state index contributed by atoms with van der Waals surface area (Å²) in [5, 5.41) is 0. The van der Waals surface area contributed by atoms with Crippen LogP contribution in [0.1, 0.15) is 23.0 Å². The fourth-order valence-corrected chi connectivity index (χ4v) is 1.56. The van der Waals surface area contributed by atoms with Gasteiger partial charge in [-0.1, -0.05) is 24.3 Å². The Labute approximate surface area is 94.2 Å². The molecule has 0 aliphatic heterocycles. The molecule has 0 saturated carbocycles. The first kappa shape index (κ1) is 10.5. The van der Waals surface area contributed by atoms with Crippen molar-refractivity contribution in [3.63, 3.8) is 0 Å². The van der Waals surface area contributed by atoms with Crippen molar-refractivity contribution < 1.29 is 4.79 Å². The van der Waals surface area contributed by atoms with Crippen molar-refractivity contribution in [2.24, 2.45) is 0 Å². The number of rotatable bonds is 2. The van der Waals surface area contributed by atoms with E-state index in [1.165, 1.54) is 6.33 Å². The molecule has 0 amide bonds. The Balaban J connectivity index is 2.43. The number of aryl methyl sites for hydroxylation is 1. The van der Waals surface area contributed by atoms with Gasteiger partial charge in [0.15, 0.2) is 5.78 Å². The predicted molar refractivity (Wildman–Crippen MR) is 62.2 cm³/mol. The Morgan fingerprint density at radius 3 is 2.44 bits per heavy atom. The minimum atomic E-state index is 0.0765. The van der Waals surface area contributed by atoms with Gasteiger partial charge in [-0.15, -0.1) is 0 Å². The van der Waals surface area contributed by atoms with Gasteiger partial charge >= 0.3 is 0 Å². The number of Topliss-reactive ketones (excluding diaryl/α,β-unsaturated/α-hetero) is 1. The van der Waals surface area contributed by atoms with Crippen molar-refractivity contribution in [1.82, 2.24) is 9.97 Å². The van der Waals surface area contributed by atoms with E-state index in [0.717, 1.165) is 22.4 Å². The predicted octanol–water partition coefficient (Wildman–Crippen LogP) is 2.65. The van der Waals surface area contributed by atoms with Crippen molar-refractivity contribution in [3.05, 3.63) is 48.0 Å². The van der Waals surface area contributed by atoms with Crippen molar-refractivity contribution in [2.75, 3.05) is 0 Å². The summed E-state index contributed by atoms with van der Waals surface area (Å²) in [7, 11) is 0. The third-order valence-electron chi connectivity index (χ3n) is 2.51. The third-order valence-corrected chi connectivity index (χ3v) is 2.51. The molecule has 2 aromatic rings. The first-order valence-electron chi connectivity index (χ1n) is 5.06. The summed E-state index contributed by atoms with van der Waals surface area (Å²) in [6.07, 6.45) is 3.31. The first-order chi connectivity index (χ1) is 7.68. The van der Waals surface area contributed by atoms with Gasteiger partial charge in [0.1, 0.15) is 6.33 Å². The summed E-state index contributed by atoms with van der Waals surface area (Å²) in [4.78, 5) is 19.3. The molecule has 0 N–H and O–H groups in total. The van der Waals surface area contributed by atoms with Crippen molar-refractivity contribution in [2.45, 2.75) is 13.8 Å². The van der Waals surface area contributed by atoms with E-state index in [1.54, 1.807) is 13.1 Å². The highest BCUT2D eigenvalue weighted by Gasteiger charge is 2.04. The summed E-state index contributed by atoms with van der Waals surface area (Å²) in [5.74, 6) is 0.0765. The van der Waals surface area contributed by atoms with Crippen molar-refractivity contribution in [3.8, 4) is 11.1 Å². The molecule has 0 spiro atoms. The number of ketones is 1. The SMILES string of the molecule is CC(=O)c1ccc(-c2cncnc2C)cc1. The molecule has 3 nitrogen and oxygen atoms in total. The van der Waals surface area contributed by atoms with Crippen LogP contribution >= 0.6 is 0 Å². The molecular weight excluding hydrogens is 200 g/mol. The van der Waals surface area contributed by atoms with Crippen LogP contribution < -0.4 is 0 Å². The van der Waals surface area contributed by atoms with E-state index in [9.17, 15) is 4.79 Å². The maximum atomic E-state index is 11.1. The largest absolute Gasteiger partial charge is 0.295 e. The van der Waals surface area contributed by atoms with Crippen LogP contribution in [0.15, 0.2) is 36.8 Å². The van der Waals surface area contributed by atoms with Gasteiger partial charge in [-0.05, 0) is 19.4 Å². The molecule has 0 aliphatic carbocycles. The molecule has 0 radical (unpaired) electrons. The van der Waals surface area contributed by atoms with Crippen LogP contribution in [0, 0.1) is 6.92 Å². The Kier molecular flexibility index (Phi) is 2.77. The summed E-state index contributed by atoms with van der Waals surface area (Å²) in [6.45, 7) is 3.50. The normalized spacial score (nSPS) is 10.1. The molecule has 1 aromatic heterocycles. The molecule has 0 unspecified atom stereocenters. The molecule has 1 aromatic carbocycles. The number of hydrogen-bond donors (Lipinski definition) is 0. The second-order valence-corrected chi connectivity index (χ2v) is 3.66.